The number of benzene rings is 2. The Balaban J connectivity index is 1.56. The van der Waals surface area contributed by atoms with Crippen molar-refractivity contribution in [2.24, 2.45) is 23.2 Å². The Morgan fingerprint density at radius 2 is 1.21 bits per heavy atom. The van der Waals surface area contributed by atoms with Gasteiger partial charge in [0.05, 0.1) is 6.61 Å². The monoisotopic (exact) mass is 587 g/mol. The van der Waals surface area contributed by atoms with Crippen LogP contribution in [0.4, 0.5) is 0 Å². The van der Waals surface area contributed by atoms with Crippen LogP contribution in [0, 0.1) is 23.2 Å². The van der Waals surface area contributed by atoms with Crippen LogP contribution in [0.3, 0.4) is 0 Å². The van der Waals surface area contributed by atoms with Crippen LogP contribution < -0.4 is 4.74 Å². The lowest BCUT2D eigenvalue weighted by atomic mass is 9.68. The largest absolute Gasteiger partial charge is 0.493 e. The van der Waals surface area contributed by atoms with E-state index in [4.69, 9.17) is 4.74 Å². The second-order valence-electron chi connectivity index (χ2n) is 14.5. The van der Waals surface area contributed by atoms with E-state index in [1.165, 1.54) is 110 Å². The highest BCUT2D eigenvalue weighted by atomic mass is 16.5. The van der Waals surface area contributed by atoms with Gasteiger partial charge in [-0.15, -0.1) is 0 Å². The Bertz CT molecular complexity index is 1130. The van der Waals surface area contributed by atoms with Gasteiger partial charge >= 0.3 is 0 Å². The fourth-order valence-corrected chi connectivity index (χ4v) is 9.03. The van der Waals surface area contributed by atoms with Gasteiger partial charge in [0, 0.05) is 0 Å². The molecule has 4 rings (SSSR count). The first-order chi connectivity index (χ1) is 20.9. The molecule has 0 aliphatic heterocycles. The van der Waals surface area contributed by atoms with Gasteiger partial charge in [-0.3, -0.25) is 0 Å². The van der Waals surface area contributed by atoms with Crippen LogP contribution in [0.25, 0.3) is 11.1 Å². The molecule has 1 heteroatoms. The minimum Gasteiger partial charge on any atom is -0.493 e. The summed E-state index contributed by atoms with van der Waals surface area (Å²) >= 11 is 0. The van der Waals surface area contributed by atoms with Crippen LogP contribution in [0.1, 0.15) is 166 Å². The summed E-state index contributed by atoms with van der Waals surface area (Å²) in [5.74, 6) is 4.91. The third kappa shape index (κ3) is 7.73. The van der Waals surface area contributed by atoms with Crippen LogP contribution in [0.5, 0.6) is 5.75 Å². The molecule has 0 bridgehead atoms. The number of aryl methyl sites for hydroxylation is 2. The fourth-order valence-electron chi connectivity index (χ4n) is 9.03. The summed E-state index contributed by atoms with van der Waals surface area (Å²) in [6.45, 7) is 19.7. The Labute approximate surface area is 267 Å². The van der Waals surface area contributed by atoms with Crippen molar-refractivity contribution in [1.29, 1.82) is 0 Å². The van der Waals surface area contributed by atoms with Crippen molar-refractivity contribution in [3.63, 3.8) is 0 Å². The van der Waals surface area contributed by atoms with Gasteiger partial charge in [0.1, 0.15) is 5.75 Å². The van der Waals surface area contributed by atoms with Crippen molar-refractivity contribution in [3.05, 3.63) is 52.1 Å². The summed E-state index contributed by atoms with van der Waals surface area (Å²) < 4.78 is 6.76. The maximum absolute atomic E-state index is 6.76. The first-order valence-electron chi connectivity index (χ1n) is 18.8. The van der Waals surface area contributed by atoms with Crippen molar-refractivity contribution in [3.8, 4) is 16.9 Å². The van der Waals surface area contributed by atoms with E-state index in [2.05, 4.69) is 79.7 Å². The quantitative estimate of drug-likeness (QED) is 0.214. The first-order valence-corrected chi connectivity index (χ1v) is 18.8. The van der Waals surface area contributed by atoms with E-state index >= 15 is 0 Å². The predicted molar refractivity (Wildman–Crippen MR) is 189 cm³/mol. The van der Waals surface area contributed by atoms with E-state index in [1.54, 1.807) is 5.56 Å². The molecule has 2 saturated carbocycles. The van der Waals surface area contributed by atoms with E-state index in [0.717, 1.165) is 62.4 Å². The molecule has 0 N–H and O–H groups in total. The fraction of sp³-hybridized carbons (Fsp3) is 0.714. The Hall–Kier alpha value is -1.76. The second-order valence-corrected chi connectivity index (χ2v) is 14.5. The second kappa shape index (κ2) is 16.0. The molecule has 240 valence electrons. The molecule has 0 spiro atoms. The molecule has 2 aliphatic rings. The van der Waals surface area contributed by atoms with Crippen molar-refractivity contribution in [1.82, 2.24) is 0 Å². The first kappa shape index (κ1) is 34.1. The molecule has 0 radical (unpaired) electrons. The topological polar surface area (TPSA) is 9.23 Å². The number of rotatable bonds is 14. The predicted octanol–water partition coefficient (Wildman–Crippen LogP) is 12.7. The lowest BCUT2D eigenvalue weighted by molar-refractivity contribution is 0.165. The molecule has 0 heterocycles. The Morgan fingerprint density at radius 1 is 0.628 bits per heavy atom. The number of ether oxygens (including phenoxy) is 1. The molecular weight excluding hydrogens is 520 g/mol. The summed E-state index contributed by atoms with van der Waals surface area (Å²) in [5.41, 5.74) is 10.8. The number of hydrogen-bond donors (Lipinski definition) is 0. The molecule has 0 unspecified atom stereocenters. The average Bonchev–Trinajstić information content (AvgIpc) is 3.06. The summed E-state index contributed by atoms with van der Waals surface area (Å²) in [7, 11) is 0. The van der Waals surface area contributed by atoms with Crippen LogP contribution in [-0.2, 0) is 25.7 Å². The van der Waals surface area contributed by atoms with Gasteiger partial charge in [-0.2, -0.15) is 0 Å². The van der Waals surface area contributed by atoms with Crippen molar-refractivity contribution < 1.29 is 4.74 Å². The van der Waals surface area contributed by atoms with Crippen molar-refractivity contribution in [2.75, 3.05) is 6.61 Å². The SMILES string of the molecule is CCc1cc(C2CCC(C3CCC(C)CC3)CC2)ccc1-c1cc(CC)c(OCCC(CC)(CC)CC)c(CC)c1CC. The zero-order valence-electron chi connectivity index (χ0n) is 29.5. The summed E-state index contributed by atoms with van der Waals surface area (Å²) in [4.78, 5) is 0. The standard InChI is InChI=1S/C42H66O/c1-9-31-28-36(35-22-20-34(21-23-35)33-18-16-30(8)17-19-33)24-25-39(31)40-29-32(10-2)41(38(12-4)37(40)11-3)43-27-26-42(13-5,14-6)15-7/h24-25,28-30,33-35H,9-23,26-27H2,1-8H3. The van der Waals surface area contributed by atoms with Gasteiger partial charge in [0.25, 0.3) is 0 Å². The highest BCUT2D eigenvalue weighted by Gasteiger charge is 2.31. The molecule has 0 saturated heterocycles. The van der Waals surface area contributed by atoms with Crippen molar-refractivity contribution in [2.45, 2.75) is 164 Å². The van der Waals surface area contributed by atoms with Gasteiger partial charge < -0.3 is 4.74 Å². The minimum absolute atomic E-state index is 0.415. The van der Waals surface area contributed by atoms with E-state index in [-0.39, 0.29) is 0 Å². The molecule has 2 aromatic rings. The van der Waals surface area contributed by atoms with Crippen LogP contribution in [-0.4, -0.2) is 6.61 Å². The van der Waals surface area contributed by atoms with Crippen LogP contribution in [0.2, 0.25) is 0 Å². The van der Waals surface area contributed by atoms with E-state index in [1.807, 2.05) is 0 Å². The molecule has 2 aliphatic carbocycles. The Kier molecular flexibility index (Phi) is 12.7. The molecule has 2 aromatic carbocycles. The molecule has 0 atom stereocenters. The number of hydrogen-bond acceptors (Lipinski definition) is 1. The molecule has 0 amide bonds. The van der Waals surface area contributed by atoms with Gasteiger partial charge in [-0.25, -0.2) is 0 Å². The Morgan fingerprint density at radius 3 is 1.74 bits per heavy atom. The lowest BCUT2D eigenvalue weighted by Gasteiger charge is -2.37. The van der Waals surface area contributed by atoms with Gasteiger partial charge in [-0.05, 0) is 145 Å². The van der Waals surface area contributed by atoms with Gasteiger partial charge in [0.15, 0.2) is 0 Å². The van der Waals surface area contributed by atoms with Crippen molar-refractivity contribution >= 4 is 0 Å². The lowest BCUT2D eigenvalue weighted by Crippen LogP contribution is -2.24. The van der Waals surface area contributed by atoms with Crippen LogP contribution in [0.15, 0.2) is 24.3 Å². The molecule has 1 nitrogen and oxygen atoms in total. The third-order valence-corrected chi connectivity index (χ3v) is 12.6. The highest BCUT2D eigenvalue weighted by Crippen LogP contribution is 2.45. The van der Waals surface area contributed by atoms with Crippen LogP contribution >= 0.6 is 0 Å². The molecular formula is C42H66O. The summed E-state index contributed by atoms with van der Waals surface area (Å²) in [6.07, 6.45) is 20.6. The maximum Gasteiger partial charge on any atom is 0.125 e. The third-order valence-electron chi connectivity index (χ3n) is 12.6. The summed E-state index contributed by atoms with van der Waals surface area (Å²) in [6, 6.07) is 10.1. The van der Waals surface area contributed by atoms with Gasteiger partial charge in [0.2, 0.25) is 0 Å². The average molecular weight is 587 g/mol. The van der Waals surface area contributed by atoms with Gasteiger partial charge in [-0.1, -0.05) is 106 Å². The maximum atomic E-state index is 6.76. The normalized spacial score (nSPS) is 23.0. The zero-order valence-corrected chi connectivity index (χ0v) is 29.5. The van der Waals surface area contributed by atoms with E-state index < -0.39 is 0 Å². The molecule has 2 fully saturated rings. The smallest absolute Gasteiger partial charge is 0.125 e. The van der Waals surface area contributed by atoms with E-state index in [0.29, 0.717) is 5.41 Å². The van der Waals surface area contributed by atoms with E-state index in [9.17, 15) is 0 Å². The molecule has 0 aromatic heterocycles. The zero-order chi connectivity index (χ0) is 31.0. The minimum atomic E-state index is 0.415. The summed E-state index contributed by atoms with van der Waals surface area (Å²) in [5, 5.41) is 0. The highest BCUT2D eigenvalue weighted by molar-refractivity contribution is 5.75. The molecule has 43 heavy (non-hydrogen) atoms.